The van der Waals surface area contributed by atoms with Crippen LogP contribution in [-0.4, -0.2) is 11.1 Å². The zero-order valence-corrected chi connectivity index (χ0v) is 9.33. The van der Waals surface area contributed by atoms with Gasteiger partial charge in [0.25, 0.3) is 0 Å². The molecular weight excluding hydrogens is 301 g/mol. The molecule has 5 heteroatoms. The number of aromatic carboxylic acids is 1. The highest BCUT2D eigenvalue weighted by molar-refractivity contribution is 14.1. The van der Waals surface area contributed by atoms with E-state index in [0.29, 0.717) is 14.0 Å². The van der Waals surface area contributed by atoms with Crippen LogP contribution >= 0.6 is 35.2 Å². The lowest BCUT2D eigenvalue weighted by Crippen LogP contribution is -1.98. The van der Waals surface area contributed by atoms with E-state index in [9.17, 15) is 4.79 Å². The Labute approximate surface area is 93.9 Å². The van der Waals surface area contributed by atoms with Crippen LogP contribution < -0.4 is 0 Å². The molecule has 0 saturated carbocycles. The maximum atomic E-state index is 10.6. The van der Waals surface area contributed by atoms with Crippen molar-refractivity contribution in [3.8, 4) is 6.07 Å². The van der Waals surface area contributed by atoms with Gasteiger partial charge in [0.2, 0.25) is 0 Å². The van der Waals surface area contributed by atoms with E-state index < -0.39 is 5.97 Å². The third-order valence-electron chi connectivity index (χ3n) is 1.42. The van der Waals surface area contributed by atoms with Crippen molar-refractivity contribution in [2.24, 2.45) is 0 Å². The lowest BCUT2D eigenvalue weighted by Gasteiger charge is -2.01. The lowest BCUT2D eigenvalue weighted by molar-refractivity contribution is 0.0696. The van der Waals surface area contributed by atoms with Gasteiger partial charge in [-0.2, -0.15) is 5.26 Å². The van der Waals surface area contributed by atoms with Crippen molar-refractivity contribution in [1.29, 1.82) is 5.26 Å². The topological polar surface area (TPSA) is 61.1 Å². The molecule has 0 spiro atoms. The van der Waals surface area contributed by atoms with Crippen LogP contribution in [0.2, 0.25) is 0 Å². The Kier molecular flexibility index (Phi) is 3.17. The SMILES string of the molecule is N#Cc1cc(C(=O)O)cc(S)c1I. The lowest BCUT2D eigenvalue weighted by atomic mass is 10.1. The fraction of sp³-hybridized carbons (Fsp3) is 0. The van der Waals surface area contributed by atoms with Gasteiger partial charge in [0.15, 0.2) is 0 Å². The molecule has 0 fully saturated rings. The van der Waals surface area contributed by atoms with Crippen LogP contribution in [0.3, 0.4) is 0 Å². The fourth-order valence-electron chi connectivity index (χ4n) is 0.814. The van der Waals surface area contributed by atoms with Crippen molar-refractivity contribution in [2.75, 3.05) is 0 Å². The second-order valence-electron chi connectivity index (χ2n) is 2.27. The van der Waals surface area contributed by atoms with E-state index in [2.05, 4.69) is 12.6 Å². The van der Waals surface area contributed by atoms with Crippen LogP contribution in [0.4, 0.5) is 0 Å². The average Bonchev–Trinajstić information content (AvgIpc) is 2.09. The van der Waals surface area contributed by atoms with E-state index in [0.717, 1.165) is 0 Å². The zero-order valence-electron chi connectivity index (χ0n) is 6.28. The number of hydrogen-bond acceptors (Lipinski definition) is 3. The summed E-state index contributed by atoms with van der Waals surface area (Å²) < 4.78 is 0.674. The Hall–Kier alpha value is -0.740. The van der Waals surface area contributed by atoms with Crippen molar-refractivity contribution in [3.63, 3.8) is 0 Å². The van der Waals surface area contributed by atoms with Crippen LogP contribution in [0.1, 0.15) is 15.9 Å². The van der Waals surface area contributed by atoms with Crippen LogP contribution in [-0.2, 0) is 0 Å². The molecule has 0 aliphatic rings. The van der Waals surface area contributed by atoms with Crippen molar-refractivity contribution in [2.45, 2.75) is 4.90 Å². The second-order valence-corrected chi connectivity index (χ2v) is 3.83. The Morgan fingerprint density at radius 1 is 1.62 bits per heavy atom. The summed E-state index contributed by atoms with van der Waals surface area (Å²) in [6.45, 7) is 0. The molecule has 0 unspecified atom stereocenters. The third kappa shape index (κ3) is 2.14. The second kappa shape index (κ2) is 3.98. The zero-order chi connectivity index (χ0) is 10.0. The summed E-state index contributed by atoms with van der Waals surface area (Å²) >= 11 is 6.02. The van der Waals surface area contributed by atoms with Gasteiger partial charge in [0.05, 0.1) is 11.1 Å². The molecule has 0 amide bonds. The molecule has 0 aromatic heterocycles. The molecule has 0 atom stereocenters. The summed E-state index contributed by atoms with van der Waals surface area (Å²) in [7, 11) is 0. The first kappa shape index (κ1) is 10.3. The highest BCUT2D eigenvalue weighted by Crippen LogP contribution is 2.22. The van der Waals surface area contributed by atoms with Crippen LogP contribution in [0.25, 0.3) is 0 Å². The van der Waals surface area contributed by atoms with Gasteiger partial charge in [-0.25, -0.2) is 4.79 Å². The number of carboxylic acid groups (broad SMARTS) is 1. The summed E-state index contributed by atoms with van der Waals surface area (Å²) in [5.41, 5.74) is 0.424. The Morgan fingerprint density at radius 2 is 2.23 bits per heavy atom. The molecule has 0 heterocycles. The van der Waals surface area contributed by atoms with Gasteiger partial charge in [0, 0.05) is 8.47 Å². The first-order valence-corrected chi connectivity index (χ1v) is 4.74. The highest BCUT2D eigenvalue weighted by atomic mass is 127. The van der Waals surface area contributed by atoms with E-state index >= 15 is 0 Å². The van der Waals surface area contributed by atoms with Crippen molar-refractivity contribution in [3.05, 3.63) is 26.8 Å². The summed E-state index contributed by atoms with van der Waals surface area (Å²) in [6, 6.07) is 4.67. The quantitative estimate of drug-likeness (QED) is 0.617. The molecule has 0 aliphatic heterocycles. The standard InChI is InChI=1S/C8H4INO2S/c9-7-5(3-10)1-4(8(11)12)2-6(7)13/h1-2,13H,(H,11,12). The minimum absolute atomic E-state index is 0.0852. The van der Waals surface area contributed by atoms with E-state index in [-0.39, 0.29) is 5.56 Å². The molecule has 1 rings (SSSR count). The number of thiol groups is 1. The Morgan fingerprint density at radius 3 is 2.69 bits per heavy atom. The molecule has 1 aromatic carbocycles. The summed E-state index contributed by atoms with van der Waals surface area (Å²) in [5, 5.41) is 17.3. The van der Waals surface area contributed by atoms with E-state index in [4.69, 9.17) is 10.4 Å². The van der Waals surface area contributed by atoms with E-state index in [1.54, 1.807) is 0 Å². The molecule has 1 aromatic rings. The molecule has 0 aliphatic carbocycles. The monoisotopic (exact) mass is 305 g/mol. The van der Waals surface area contributed by atoms with Crippen LogP contribution in [0, 0.1) is 14.9 Å². The van der Waals surface area contributed by atoms with E-state index in [1.807, 2.05) is 28.7 Å². The fourth-order valence-corrected chi connectivity index (χ4v) is 1.51. The Bertz CT molecular complexity index is 411. The van der Waals surface area contributed by atoms with Gasteiger partial charge in [-0.15, -0.1) is 12.6 Å². The van der Waals surface area contributed by atoms with Gasteiger partial charge in [-0.1, -0.05) is 0 Å². The summed E-state index contributed by atoms with van der Waals surface area (Å²) in [5.74, 6) is -1.05. The molecule has 0 bridgehead atoms. The minimum atomic E-state index is -1.05. The van der Waals surface area contributed by atoms with E-state index in [1.165, 1.54) is 12.1 Å². The van der Waals surface area contributed by atoms with Crippen molar-refractivity contribution >= 4 is 41.2 Å². The van der Waals surface area contributed by atoms with Gasteiger partial charge < -0.3 is 5.11 Å². The molecule has 66 valence electrons. The molecule has 1 N–H and O–H groups in total. The first-order valence-electron chi connectivity index (χ1n) is 3.22. The first-order chi connectivity index (χ1) is 6.06. The number of carbonyl (C=O) groups is 1. The molecular formula is C8H4INO2S. The van der Waals surface area contributed by atoms with Gasteiger partial charge in [0.1, 0.15) is 6.07 Å². The number of carboxylic acids is 1. The smallest absolute Gasteiger partial charge is 0.335 e. The molecule has 3 nitrogen and oxygen atoms in total. The maximum absolute atomic E-state index is 10.6. The van der Waals surface area contributed by atoms with Gasteiger partial charge >= 0.3 is 5.97 Å². The summed E-state index contributed by atoms with van der Waals surface area (Å²) in [6.07, 6.45) is 0. The number of hydrogen-bond donors (Lipinski definition) is 2. The normalized spacial score (nSPS) is 9.31. The van der Waals surface area contributed by atoms with Gasteiger partial charge in [-0.3, -0.25) is 0 Å². The number of nitrogens with zero attached hydrogens (tertiary/aromatic N) is 1. The number of halogens is 1. The predicted octanol–water partition coefficient (Wildman–Crippen LogP) is 2.15. The largest absolute Gasteiger partial charge is 0.478 e. The molecule has 13 heavy (non-hydrogen) atoms. The number of rotatable bonds is 1. The highest BCUT2D eigenvalue weighted by Gasteiger charge is 2.09. The molecule has 0 saturated heterocycles. The van der Waals surface area contributed by atoms with Crippen LogP contribution in [0.5, 0.6) is 0 Å². The average molecular weight is 305 g/mol. The minimum Gasteiger partial charge on any atom is -0.478 e. The van der Waals surface area contributed by atoms with Crippen LogP contribution in [0.15, 0.2) is 17.0 Å². The molecule has 0 radical (unpaired) electrons. The predicted molar refractivity (Wildman–Crippen MR) is 58.1 cm³/mol. The number of benzene rings is 1. The summed E-state index contributed by atoms with van der Waals surface area (Å²) in [4.78, 5) is 11.1. The third-order valence-corrected chi connectivity index (χ3v) is 3.36. The Balaban J connectivity index is 3.41. The van der Waals surface area contributed by atoms with Gasteiger partial charge in [-0.05, 0) is 34.7 Å². The van der Waals surface area contributed by atoms with Crippen molar-refractivity contribution in [1.82, 2.24) is 0 Å². The number of nitriles is 1. The van der Waals surface area contributed by atoms with Crippen molar-refractivity contribution < 1.29 is 9.90 Å². The maximum Gasteiger partial charge on any atom is 0.335 e.